The summed E-state index contributed by atoms with van der Waals surface area (Å²) >= 11 is 0. The Morgan fingerprint density at radius 2 is 1.42 bits per heavy atom. The molecular formula is C21H26N4O8. The number of carbonyl (C=O) groups is 5. The van der Waals surface area contributed by atoms with E-state index < -0.39 is 48.5 Å². The van der Waals surface area contributed by atoms with Crippen molar-refractivity contribution in [2.45, 2.75) is 44.2 Å². The Kier molecular flexibility index (Phi) is 11.3. The van der Waals surface area contributed by atoms with Crippen molar-refractivity contribution in [3.8, 4) is 12.3 Å². The number of urea groups is 2. The topological polar surface area (TPSA) is 194 Å². The lowest BCUT2D eigenvalue weighted by molar-refractivity contribution is -0.140. The zero-order chi connectivity index (χ0) is 24.8. The fourth-order valence-corrected chi connectivity index (χ4v) is 2.64. The normalized spacial score (nSPS) is 11.8. The first kappa shape index (κ1) is 26.8. The first-order valence-electron chi connectivity index (χ1n) is 9.98. The van der Waals surface area contributed by atoms with Gasteiger partial charge in [-0.1, -0.05) is 5.92 Å². The van der Waals surface area contributed by atoms with Gasteiger partial charge < -0.3 is 36.6 Å². The molecule has 0 aliphatic heterocycles. The Labute approximate surface area is 189 Å². The number of aliphatic carboxylic acids is 3. The van der Waals surface area contributed by atoms with Crippen LogP contribution in [0.5, 0.6) is 0 Å². The zero-order valence-electron chi connectivity index (χ0n) is 17.7. The molecule has 12 heteroatoms. The van der Waals surface area contributed by atoms with E-state index >= 15 is 0 Å². The number of benzene rings is 1. The van der Waals surface area contributed by atoms with Crippen molar-refractivity contribution in [1.29, 1.82) is 0 Å². The van der Waals surface area contributed by atoms with Crippen LogP contribution in [0.1, 0.15) is 37.7 Å². The minimum absolute atomic E-state index is 0.0342. The van der Waals surface area contributed by atoms with Crippen LogP contribution in [0, 0.1) is 12.3 Å². The number of nitrogens with one attached hydrogen (secondary N) is 4. The van der Waals surface area contributed by atoms with Gasteiger partial charge in [-0.25, -0.2) is 19.2 Å². The van der Waals surface area contributed by atoms with Crippen molar-refractivity contribution in [2.75, 3.05) is 11.9 Å². The fourth-order valence-electron chi connectivity index (χ4n) is 2.64. The Balaban J connectivity index is 2.37. The molecule has 0 unspecified atom stereocenters. The standard InChI is InChI=1S/C21H26N4O8/c1-2-13-6-8-14(9-7-13)23-20(32)22-12-4-3-5-15(18(28)29)24-21(33)25-16(19(30)31)10-11-17(26)27/h1,6-9,15-16H,3-5,10-12H2,(H,26,27)(H,28,29)(H,30,31)(H2,22,23,32)(H2,24,25,33)/t15-,16-/m0/s1. The third-order valence-electron chi connectivity index (χ3n) is 4.37. The molecule has 12 nitrogen and oxygen atoms in total. The number of rotatable bonds is 13. The Morgan fingerprint density at radius 3 is 1.94 bits per heavy atom. The molecular weight excluding hydrogens is 436 g/mol. The second-order valence-corrected chi connectivity index (χ2v) is 6.93. The Morgan fingerprint density at radius 1 is 0.848 bits per heavy atom. The third kappa shape index (κ3) is 11.1. The van der Waals surface area contributed by atoms with Gasteiger partial charge in [-0.3, -0.25) is 4.79 Å². The number of terminal acetylenes is 1. The van der Waals surface area contributed by atoms with Gasteiger partial charge in [0.15, 0.2) is 0 Å². The van der Waals surface area contributed by atoms with E-state index in [1.807, 2.05) is 0 Å². The van der Waals surface area contributed by atoms with E-state index in [-0.39, 0.29) is 19.4 Å². The number of carbonyl (C=O) groups excluding carboxylic acids is 2. The highest BCUT2D eigenvalue weighted by molar-refractivity contribution is 5.89. The summed E-state index contributed by atoms with van der Waals surface area (Å²) in [7, 11) is 0. The molecule has 0 aliphatic carbocycles. The van der Waals surface area contributed by atoms with Gasteiger partial charge in [0.1, 0.15) is 12.1 Å². The average Bonchev–Trinajstić information content (AvgIpc) is 2.75. The van der Waals surface area contributed by atoms with Crippen molar-refractivity contribution in [1.82, 2.24) is 16.0 Å². The first-order valence-corrected chi connectivity index (χ1v) is 9.98. The predicted molar refractivity (Wildman–Crippen MR) is 117 cm³/mol. The summed E-state index contributed by atoms with van der Waals surface area (Å²) in [6, 6.07) is 2.42. The lowest BCUT2D eigenvalue weighted by Gasteiger charge is -2.18. The molecule has 0 aliphatic rings. The number of carboxylic acids is 3. The first-order chi connectivity index (χ1) is 15.6. The number of hydrogen-bond donors (Lipinski definition) is 7. The van der Waals surface area contributed by atoms with Crippen LogP contribution in [-0.2, 0) is 14.4 Å². The van der Waals surface area contributed by atoms with E-state index in [4.69, 9.17) is 16.6 Å². The second kappa shape index (κ2) is 13.9. The van der Waals surface area contributed by atoms with Gasteiger partial charge in [-0.2, -0.15) is 0 Å². The molecule has 178 valence electrons. The molecule has 33 heavy (non-hydrogen) atoms. The van der Waals surface area contributed by atoms with Gasteiger partial charge in [0.05, 0.1) is 0 Å². The molecule has 2 atom stereocenters. The molecule has 0 saturated carbocycles. The van der Waals surface area contributed by atoms with Crippen LogP contribution < -0.4 is 21.3 Å². The molecule has 1 rings (SSSR count). The van der Waals surface area contributed by atoms with Gasteiger partial charge in [0.25, 0.3) is 0 Å². The molecule has 1 aromatic carbocycles. The van der Waals surface area contributed by atoms with Crippen LogP contribution >= 0.6 is 0 Å². The van der Waals surface area contributed by atoms with Gasteiger partial charge >= 0.3 is 30.0 Å². The molecule has 0 saturated heterocycles. The van der Waals surface area contributed by atoms with Crippen molar-refractivity contribution < 1.29 is 39.3 Å². The summed E-state index contributed by atoms with van der Waals surface area (Å²) in [5, 5.41) is 36.4. The highest BCUT2D eigenvalue weighted by atomic mass is 16.4. The second-order valence-electron chi connectivity index (χ2n) is 6.93. The zero-order valence-corrected chi connectivity index (χ0v) is 17.7. The predicted octanol–water partition coefficient (Wildman–Crippen LogP) is 1.03. The van der Waals surface area contributed by atoms with Crippen LogP contribution in [0.25, 0.3) is 0 Å². The lowest BCUT2D eigenvalue weighted by Crippen LogP contribution is -2.51. The SMILES string of the molecule is C#Cc1ccc(NC(=O)NCCCC[C@H](NC(=O)N[C@@H](CCC(=O)O)C(=O)O)C(=O)O)cc1. The van der Waals surface area contributed by atoms with Crippen LogP contribution in [-0.4, -0.2) is 63.9 Å². The minimum Gasteiger partial charge on any atom is -0.481 e. The number of amides is 4. The number of unbranched alkanes of at least 4 members (excludes halogenated alkanes) is 1. The summed E-state index contributed by atoms with van der Waals surface area (Å²) < 4.78 is 0. The van der Waals surface area contributed by atoms with E-state index in [1.165, 1.54) is 0 Å². The summed E-state index contributed by atoms with van der Waals surface area (Å²) in [4.78, 5) is 56.8. The van der Waals surface area contributed by atoms with E-state index in [9.17, 15) is 29.1 Å². The molecule has 4 amide bonds. The van der Waals surface area contributed by atoms with Crippen LogP contribution in [0.3, 0.4) is 0 Å². The van der Waals surface area contributed by atoms with Crippen molar-refractivity contribution in [2.24, 2.45) is 0 Å². The number of hydrogen-bond acceptors (Lipinski definition) is 5. The fraction of sp³-hybridized carbons (Fsp3) is 0.381. The van der Waals surface area contributed by atoms with Crippen molar-refractivity contribution in [3.63, 3.8) is 0 Å². The van der Waals surface area contributed by atoms with Crippen molar-refractivity contribution in [3.05, 3.63) is 29.8 Å². The maximum atomic E-state index is 11.9. The highest BCUT2D eigenvalue weighted by Crippen LogP contribution is 2.08. The molecule has 1 aromatic rings. The Hall–Kier alpha value is -4.27. The molecule has 0 spiro atoms. The molecule has 0 bridgehead atoms. The van der Waals surface area contributed by atoms with Gasteiger partial charge in [0, 0.05) is 24.2 Å². The number of carboxylic acid groups (broad SMARTS) is 3. The molecule has 0 heterocycles. The smallest absolute Gasteiger partial charge is 0.326 e. The van der Waals surface area contributed by atoms with E-state index in [2.05, 4.69) is 27.2 Å². The molecule has 0 fully saturated rings. The van der Waals surface area contributed by atoms with E-state index in [1.54, 1.807) is 24.3 Å². The maximum absolute atomic E-state index is 11.9. The van der Waals surface area contributed by atoms with E-state index in [0.29, 0.717) is 24.1 Å². The maximum Gasteiger partial charge on any atom is 0.326 e. The lowest BCUT2D eigenvalue weighted by atomic mass is 10.1. The molecule has 0 radical (unpaired) electrons. The van der Waals surface area contributed by atoms with Gasteiger partial charge in [-0.05, 0) is 49.9 Å². The van der Waals surface area contributed by atoms with Crippen LogP contribution in [0.2, 0.25) is 0 Å². The highest BCUT2D eigenvalue weighted by Gasteiger charge is 2.24. The summed E-state index contributed by atoms with van der Waals surface area (Å²) in [6.45, 7) is 0.253. The van der Waals surface area contributed by atoms with Crippen LogP contribution in [0.15, 0.2) is 24.3 Å². The van der Waals surface area contributed by atoms with Crippen LogP contribution in [0.4, 0.5) is 15.3 Å². The number of anilines is 1. The Bertz CT molecular complexity index is 895. The summed E-state index contributed by atoms with van der Waals surface area (Å²) in [5.74, 6) is -1.52. The third-order valence-corrected chi connectivity index (χ3v) is 4.37. The van der Waals surface area contributed by atoms with Crippen molar-refractivity contribution >= 4 is 35.7 Å². The average molecular weight is 462 g/mol. The summed E-state index contributed by atoms with van der Waals surface area (Å²) in [6.07, 6.45) is 5.24. The molecule has 7 N–H and O–H groups in total. The monoisotopic (exact) mass is 462 g/mol. The van der Waals surface area contributed by atoms with Gasteiger partial charge in [0.2, 0.25) is 0 Å². The van der Waals surface area contributed by atoms with E-state index in [0.717, 1.165) is 0 Å². The molecule has 0 aromatic heterocycles. The summed E-state index contributed by atoms with van der Waals surface area (Å²) in [5.41, 5.74) is 1.23. The minimum atomic E-state index is -1.47. The van der Waals surface area contributed by atoms with Gasteiger partial charge in [-0.15, -0.1) is 6.42 Å². The quantitative estimate of drug-likeness (QED) is 0.167. The largest absolute Gasteiger partial charge is 0.481 e.